The molecule has 0 aliphatic carbocycles. The van der Waals surface area contributed by atoms with Crippen LogP contribution < -0.4 is 0 Å². The van der Waals surface area contributed by atoms with Crippen molar-refractivity contribution in [1.29, 1.82) is 0 Å². The maximum absolute atomic E-state index is 5.25. The second-order valence-corrected chi connectivity index (χ2v) is 3.38. The molecule has 4 nitrogen and oxygen atoms in total. The van der Waals surface area contributed by atoms with Gasteiger partial charge in [-0.3, -0.25) is 0 Å². The number of hydrogen-bond acceptors (Lipinski definition) is 4. The third-order valence-electron chi connectivity index (χ3n) is 1.32. The molecule has 0 aromatic carbocycles. The van der Waals surface area contributed by atoms with Crippen molar-refractivity contribution in [1.82, 2.24) is 0 Å². The molecule has 0 aliphatic heterocycles. The van der Waals surface area contributed by atoms with Gasteiger partial charge in [0.1, 0.15) is 0 Å². The molecule has 0 spiro atoms. The quantitative estimate of drug-likeness (QED) is 0.389. The van der Waals surface area contributed by atoms with Crippen molar-refractivity contribution in [2.75, 3.05) is 39.6 Å². The van der Waals surface area contributed by atoms with Gasteiger partial charge in [0, 0.05) is 56.0 Å². The first-order chi connectivity index (χ1) is 6.41. The van der Waals surface area contributed by atoms with Crippen molar-refractivity contribution in [2.24, 2.45) is 0 Å². The minimum absolute atomic E-state index is 0. The Morgan fingerprint density at radius 3 is 1.57 bits per heavy atom. The zero-order valence-corrected chi connectivity index (χ0v) is 13.0. The van der Waals surface area contributed by atoms with Gasteiger partial charge in [-0.25, -0.2) is 0 Å². The molecular formula is C8H19AlNaO4. The van der Waals surface area contributed by atoms with Crippen LogP contribution in [0.15, 0.2) is 0 Å². The molecule has 0 aliphatic rings. The molecule has 0 N–H and O–H groups in total. The molecule has 1 radical (unpaired) electrons. The molecular weight excluding hydrogens is 210 g/mol. The van der Waals surface area contributed by atoms with E-state index in [1.54, 1.807) is 0 Å². The second-order valence-electron chi connectivity index (χ2n) is 2.33. The second kappa shape index (κ2) is 16.8. The summed E-state index contributed by atoms with van der Waals surface area (Å²) in [4.78, 5) is 0. The van der Waals surface area contributed by atoms with Crippen LogP contribution in [-0.2, 0) is 17.1 Å². The largest absolute Gasteiger partial charge is 0.649 e. The fraction of sp³-hybridized carbons (Fsp3) is 1.00. The molecule has 0 saturated carbocycles. The Bertz CT molecular complexity index is 87.4. The van der Waals surface area contributed by atoms with Crippen molar-refractivity contribution in [3.8, 4) is 0 Å². The van der Waals surface area contributed by atoms with E-state index in [1.807, 2.05) is 13.8 Å². The first-order valence-corrected chi connectivity index (χ1v) is 5.88. The molecule has 6 heteroatoms. The standard InChI is InChI=1S/2C4H9O2.Al.Na.H/c2*1-2-6-4-3-5;;;/h2*2-4H2,1H3;;;/q2*-1;+2;;. The molecule has 14 heavy (non-hydrogen) atoms. The minimum atomic E-state index is -0.805. The normalized spacial score (nSPS) is 9.57. The first-order valence-electron chi connectivity index (χ1n) is 4.72. The van der Waals surface area contributed by atoms with Gasteiger partial charge in [-0.05, 0) is 13.8 Å². The average Bonchev–Trinajstić information content (AvgIpc) is 2.16. The summed E-state index contributed by atoms with van der Waals surface area (Å²) in [6, 6.07) is 0. The summed E-state index contributed by atoms with van der Waals surface area (Å²) < 4.78 is 20.7. The molecule has 79 valence electrons. The molecule has 0 aromatic heterocycles. The number of rotatable bonds is 10. The smallest absolute Gasteiger partial charge is 0.479 e. The molecule has 0 atom stereocenters. The molecule has 0 fully saturated rings. The van der Waals surface area contributed by atoms with Crippen molar-refractivity contribution < 1.29 is 17.1 Å². The fourth-order valence-corrected chi connectivity index (χ4v) is 1.29. The SMILES string of the molecule is CCOCC[O][AlH][O]CCOCC.[Na]. The number of hydrogen-bond donors (Lipinski definition) is 0. The topological polar surface area (TPSA) is 36.9 Å². The fourth-order valence-electron chi connectivity index (χ4n) is 0.701. The molecule has 0 bridgehead atoms. The Hall–Kier alpha value is 1.37. The van der Waals surface area contributed by atoms with Gasteiger partial charge in [0.05, 0.1) is 13.2 Å². The maximum atomic E-state index is 5.25. The Morgan fingerprint density at radius 1 is 0.786 bits per heavy atom. The zero-order valence-electron chi connectivity index (χ0n) is 9.58. The van der Waals surface area contributed by atoms with Crippen LogP contribution in [0.5, 0.6) is 0 Å². The Morgan fingerprint density at radius 2 is 1.21 bits per heavy atom. The van der Waals surface area contributed by atoms with Gasteiger partial charge in [-0.2, -0.15) is 0 Å². The summed E-state index contributed by atoms with van der Waals surface area (Å²) in [7, 11) is 0. The Balaban J connectivity index is 0. The summed E-state index contributed by atoms with van der Waals surface area (Å²) in [6.45, 7) is 8.05. The van der Waals surface area contributed by atoms with E-state index in [-0.39, 0.29) is 29.6 Å². The van der Waals surface area contributed by atoms with Crippen LogP contribution in [0.2, 0.25) is 0 Å². The van der Waals surface area contributed by atoms with E-state index >= 15 is 0 Å². The average molecular weight is 229 g/mol. The summed E-state index contributed by atoms with van der Waals surface area (Å²) in [6.07, 6.45) is 0. The van der Waals surface area contributed by atoms with E-state index in [0.29, 0.717) is 26.4 Å². The summed E-state index contributed by atoms with van der Waals surface area (Å²) in [5.41, 5.74) is 0. The van der Waals surface area contributed by atoms with Gasteiger partial charge >= 0.3 is 15.9 Å². The number of ether oxygens (including phenoxy) is 2. The van der Waals surface area contributed by atoms with Crippen molar-refractivity contribution in [3.05, 3.63) is 0 Å². The Kier molecular flexibility index (Phi) is 21.3. The van der Waals surface area contributed by atoms with E-state index < -0.39 is 15.9 Å². The van der Waals surface area contributed by atoms with Gasteiger partial charge in [-0.15, -0.1) is 0 Å². The molecule has 0 rings (SSSR count). The van der Waals surface area contributed by atoms with Crippen LogP contribution in [-0.4, -0.2) is 85.1 Å². The maximum Gasteiger partial charge on any atom is 0.649 e. The van der Waals surface area contributed by atoms with E-state index in [1.165, 1.54) is 0 Å². The van der Waals surface area contributed by atoms with Crippen LogP contribution in [0, 0.1) is 0 Å². The van der Waals surface area contributed by atoms with E-state index in [9.17, 15) is 0 Å². The van der Waals surface area contributed by atoms with E-state index in [2.05, 4.69) is 0 Å². The van der Waals surface area contributed by atoms with Crippen molar-refractivity contribution in [3.63, 3.8) is 0 Å². The van der Waals surface area contributed by atoms with Crippen molar-refractivity contribution >= 4 is 45.4 Å². The first kappa shape index (κ1) is 17.8. The summed E-state index contributed by atoms with van der Waals surface area (Å²) in [5, 5.41) is 0. The zero-order chi connectivity index (χ0) is 9.78. The molecule has 0 heterocycles. The van der Waals surface area contributed by atoms with Gasteiger partial charge in [0.25, 0.3) is 0 Å². The molecule has 0 amide bonds. The van der Waals surface area contributed by atoms with E-state index in [4.69, 9.17) is 17.1 Å². The van der Waals surface area contributed by atoms with Crippen LogP contribution in [0.4, 0.5) is 0 Å². The molecule has 0 unspecified atom stereocenters. The van der Waals surface area contributed by atoms with Crippen LogP contribution in [0.1, 0.15) is 13.8 Å². The predicted octanol–water partition coefficient (Wildman–Crippen LogP) is -0.0217. The predicted molar refractivity (Wildman–Crippen MR) is 57.8 cm³/mol. The van der Waals surface area contributed by atoms with Gasteiger partial charge in [0.2, 0.25) is 0 Å². The Labute approximate surface area is 115 Å². The van der Waals surface area contributed by atoms with Gasteiger partial charge in [0.15, 0.2) is 0 Å². The van der Waals surface area contributed by atoms with Crippen LogP contribution in [0.25, 0.3) is 0 Å². The van der Waals surface area contributed by atoms with Crippen molar-refractivity contribution in [2.45, 2.75) is 13.8 Å². The van der Waals surface area contributed by atoms with Gasteiger partial charge < -0.3 is 17.1 Å². The summed E-state index contributed by atoms with van der Waals surface area (Å²) >= 11 is -0.805. The van der Waals surface area contributed by atoms with E-state index in [0.717, 1.165) is 13.2 Å². The minimum Gasteiger partial charge on any atom is -0.479 e. The van der Waals surface area contributed by atoms with Gasteiger partial charge in [-0.1, -0.05) is 0 Å². The summed E-state index contributed by atoms with van der Waals surface area (Å²) in [5.74, 6) is 0. The third kappa shape index (κ3) is 15.8. The van der Waals surface area contributed by atoms with Crippen LogP contribution in [0.3, 0.4) is 0 Å². The monoisotopic (exact) mass is 229 g/mol. The molecule has 0 saturated heterocycles. The third-order valence-corrected chi connectivity index (χ3v) is 2.23. The molecule has 0 aromatic rings. The van der Waals surface area contributed by atoms with Crippen LogP contribution >= 0.6 is 0 Å².